The number of aliphatic hydroxyl groups excluding tert-OH is 1. The van der Waals surface area contributed by atoms with E-state index in [0.29, 0.717) is 28.3 Å². The summed E-state index contributed by atoms with van der Waals surface area (Å²) in [6.45, 7) is 2.91. The van der Waals surface area contributed by atoms with Crippen LogP contribution in [-0.2, 0) is 22.6 Å². The molecule has 2 N–H and O–H groups in total. The second-order valence-electron chi connectivity index (χ2n) is 10.7. The molecule has 202 valence electrons. The highest BCUT2D eigenvalue weighted by atomic mass is 35.5. The lowest BCUT2D eigenvalue weighted by molar-refractivity contribution is -0.161. The van der Waals surface area contributed by atoms with Gasteiger partial charge in [0.05, 0.1) is 40.6 Å². The first-order chi connectivity index (χ1) is 18.6. The fraction of sp³-hybridized carbons (Fsp3) is 0.367. The van der Waals surface area contributed by atoms with Gasteiger partial charge in [-0.15, -0.1) is 0 Å². The van der Waals surface area contributed by atoms with Crippen molar-refractivity contribution in [3.8, 4) is 6.07 Å². The Labute approximate surface area is 231 Å². The Morgan fingerprint density at radius 2 is 1.97 bits per heavy atom. The highest BCUT2D eigenvalue weighted by Gasteiger charge is 2.56. The van der Waals surface area contributed by atoms with Crippen LogP contribution in [0.25, 0.3) is 0 Å². The molecular weight excluding hydrogens is 521 g/mol. The van der Waals surface area contributed by atoms with Crippen molar-refractivity contribution in [2.45, 2.75) is 57.1 Å². The molecule has 2 heterocycles. The summed E-state index contributed by atoms with van der Waals surface area (Å²) in [5.74, 6) is -1.36. The molecule has 7 nitrogen and oxygen atoms in total. The number of benzene rings is 2. The number of rotatable bonds is 7. The summed E-state index contributed by atoms with van der Waals surface area (Å²) in [5, 5.41) is 30.4. The van der Waals surface area contributed by atoms with Crippen LogP contribution in [0.2, 0.25) is 5.02 Å². The maximum atomic E-state index is 16.3. The maximum Gasteiger partial charge on any atom is 0.257 e. The number of fused-ring (bicyclic) bond motifs is 1. The number of ether oxygens (including phenoxy) is 1. The Morgan fingerprint density at radius 3 is 2.59 bits per heavy atom. The number of halogens is 2. The first-order valence-corrected chi connectivity index (χ1v) is 13.2. The molecule has 0 bridgehead atoms. The van der Waals surface area contributed by atoms with Crippen LogP contribution in [0.1, 0.15) is 71.4 Å². The summed E-state index contributed by atoms with van der Waals surface area (Å²) in [7, 11) is 0. The van der Waals surface area contributed by atoms with Crippen LogP contribution in [0.3, 0.4) is 0 Å². The molecule has 1 fully saturated rings. The summed E-state index contributed by atoms with van der Waals surface area (Å²) in [6, 6.07) is 14.8. The second-order valence-corrected chi connectivity index (χ2v) is 11.1. The molecule has 1 aliphatic carbocycles. The zero-order valence-electron chi connectivity index (χ0n) is 21.7. The first-order valence-electron chi connectivity index (χ1n) is 12.9. The van der Waals surface area contributed by atoms with E-state index in [-0.39, 0.29) is 35.8 Å². The third kappa shape index (κ3) is 4.81. The molecule has 9 heteroatoms. The minimum atomic E-state index is -1.70. The van der Waals surface area contributed by atoms with E-state index in [1.807, 2.05) is 6.07 Å². The fourth-order valence-electron chi connectivity index (χ4n) is 5.58. The van der Waals surface area contributed by atoms with Crippen molar-refractivity contribution < 1.29 is 24.1 Å². The van der Waals surface area contributed by atoms with E-state index in [9.17, 15) is 20.3 Å². The third-order valence-corrected chi connectivity index (χ3v) is 7.90. The van der Waals surface area contributed by atoms with Gasteiger partial charge >= 0.3 is 0 Å². The molecule has 3 aromatic rings. The zero-order chi connectivity index (χ0) is 27.9. The highest BCUT2D eigenvalue weighted by molar-refractivity contribution is 6.30. The Kier molecular flexibility index (Phi) is 7.21. The standard InChI is InChI=1S/C30H29ClFN3O4/c1-29(2,38)21-12-24-27(25(32)13-21)30(20-7-9-22(31)10-8-20,39-26-5-3-4-19(26)17-36)35(28(24)37)16-23-11-6-18(14-33)15-34-23/h6-13,15,19,26,36,38H,3-5,16-17H2,1-2H3/t19?,26?,30-/m1/s1. The molecule has 1 saturated carbocycles. The molecule has 1 amide bonds. The van der Waals surface area contributed by atoms with Gasteiger partial charge in [0.2, 0.25) is 5.72 Å². The van der Waals surface area contributed by atoms with E-state index in [4.69, 9.17) is 16.3 Å². The van der Waals surface area contributed by atoms with E-state index in [2.05, 4.69) is 4.98 Å². The number of nitrogens with zero attached hydrogens (tertiary/aromatic N) is 3. The molecule has 1 aliphatic heterocycles. The molecule has 5 rings (SSSR count). The largest absolute Gasteiger partial charge is 0.396 e. The Balaban J connectivity index is 1.76. The van der Waals surface area contributed by atoms with Crippen molar-refractivity contribution in [2.24, 2.45) is 5.92 Å². The van der Waals surface area contributed by atoms with Crippen LogP contribution in [0.15, 0.2) is 54.7 Å². The number of aromatic nitrogens is 1. The van der Waals surface area contributed by atoms with Gasteiger partial charge in [-0.2, -0.15) is 5.26 Å². The highest BCUT2D eigenvalue weighted by Crippen LogP contribution is 2.50. The molecular formula is C30H29ClFN3O4. The van der Waals surface area contributed by atoms with Gasteiger partial charge in [0.1, 0.15) is 11.9 Å². The van der Waals surface area contributed by atoms with Gasteiger partial charge in [0.25, 0.3) is 5.91 Å². The molecule has 0 radical (unpaired) electrons. The smallest absolute Gasteiger partial charge is 0.257 e. The third-order valence-electron chi connectivity index (χ3n) is 7.65. The normalized spacial score (nSPS) is 22.7. The number of carbonyl (C=O) groups excluding carboxylic acids is 1. The van der Waals surface area contributed by atoms with Gasteiger partial charge in [0, 0.05) is 29.3 Å². The molecule has 0 spiro atoms. The van der Waals surface area contributed by atoms with Crippen LogP contribution in [0.5, 0.6) is 0 Å². The van der Waals surface area contributed by atoms with E-state index >= 15 is 4.39 Å². The number of hydrogen-bond acceptors (Lipinski definition) is 6. The van der Waals surface area contributed by atoms with Gasteiger partial charge in [0.15, 0.2) is 0 Å². The number of pyridine rings is 1. The fourth-order valence-corrected chi connectivity index (χ4v) is 5.70. The van der Waals surface area contributed by atoms with E-state index < -0.39 is 29.2 Å². The summed E-state index contributed by atoms with van der Waals surface area (Å²) in [6.07, 6.45) is 3.17. The van der Waals surface area contributed by atoms with Gasteiger partial charge in [-0.3, -0.25) is 14.7 Å². The van der Waals surface area contributed by atoms with Crippen molar-refractivity contribution in [2.75, 3.05) is 6.61 Å². The first kappa shape index (κ1) is 27.2. The molecule has 3 atom stereocenters. The van der Waals surface area contributed by atoms with Crippen LogP contribution in [0, 0.1) is 23.1 Å². The predicted molar refractivity (Wildman–Crippen MR) is 142 cm³/mol. The summed E-state index contributed by atoms with van der Waals surface area (Å²) in [5.41, 5.74) is -1.38. The number of carbonyl (C=O) groups is 1. The minimum Gasteiger partial charge on any atom is -0.396 e. The summed E-state index contributed by atoms with van der Waals surface area (Å²) >= 11 is 6.21. The number of nitriles is 1. The molecule has 0 saturated heterocycles. The number of amides is 1. The van der Waals surface area contributed by atoms with Crippen LogP contribution in [0.4, 0.5) is 4.39 Å². The molecule has 2 aliphatic rings. The monoisotopic (exact) mass is 549 g/mol. The predicted octanol–water partition coefficient (Wildman–Crippen LogP) is 5.01. The summed E-state index contributed by atoms with van der Waals surface area (Å²) in [4.78, 5) is 20.0. The lowest BCUT2D eigenvalue weighted by atomic mass is 9.88. The molecule has 1 aromatic heterocycles. The number of aliphatic hydroxyl groups is 2. The molecule has 2 aromatic carbocycles. The lowest BCUT2D eigenvalue weighted by Crippen LogP contribution is -2.49. The Bertz CT molecular complexity index is 1430. The molecule has 2 unspecified atom stereocenters. The molecule has 39 heavy (non-hydrogen) atoms. The summed E-state index contributed by atoms with van der Waals surface area (Å²) < 4.78 is 23.1. The van der Waals surface area contributed by atoms with Crippen LogP contribution < -0.4 is 0 Å². The average molecular weight is 550 g/mol. The van der Waals surface area contributed by atoms with Crippen LogP contribution in [-0.4, -0.2) is 38.7 Å². The SMILES string of the molecule is CC(C)(O)c1cc(F)c2c(c1)C(=O)N(Cc1ccc(C#N)cn1)[C@@]2(OC1CCCC1CO)c1ccc(Cl)cc1. The van der Waals surface area contributed by atoms with Gasteiger partial charge in [-0.25, -0.2) is 4.39 Å². The topological polar surface area (TPSA) is 107 Å². The van der Waals surface area contributed by atoms with Gasteiger partial charge < -0.3 is 14.9 Å². The quantitative estimate of drug-likeness (QED) is 0.429. The average Bonchev–Trinajstić information content (AvgIpc) is 3.46. The van der Waals surface area contributed by atoms with Gasteiger partial charge in [-0.1, -0.05) is 30.2 Å². The van der Waals surface area contributed by atoms with Crippen molar-refractivity contribution in [1.29, 1.82) is 5.26 Å². The second kappa shape index (κ2) is 10.3. The number of hydrogen-bond donors (Lipinski definition) is 2. The maximum absolute atomic E-state index is 16.3. The van der Waals surface area contributed by atoms with E-state index in [1.165, 1.54) is 37.1 Å². The minimum absolute atomic E-state index is 0.0417. The Morgan fingerprint density at radius 1 is 1.23 bits per heavy atom. The Hall–Kier alpha value is -3.35. The van der Waals surface area contributed by atoms with E-state index in [0.717, 1.165) is 12.8 Å². The van der Waals surface area contributed by atoms with Crippen molar-refractivity contribution in [3.05, 3.63) is 99.1 Å². The lowest BCUT2D eigenvalue weighted by Gasteiger charge is -2.42. The van der Waals surface area contributed by atoms with Crippen molar-refractivity contribution >= 4 is 17.5 Å². The zero-order valence-corrected chi connectivity index (χ0v) is 22.5. The van der Waals surface area contributed by atoms with E-state index in [1.54, 1.807) is 36.4 Å². The van der Waals surface area contributed by atoms with Crippen molar-refractivity contribution in [3.63, 3.8) is 0 Å². The van der Waals surface area contributed by atoms with Crippen LogP contribution >= 0.6 is 11.6 Å². The van der Waals surface area contributed by atoms with Crippen molar-refractivity contribution in [1.82, 2.24) is 9.88 Å². The van der Waals surface area contributed by atoms with Gasteiger partial charge in [-0.05, 0) is 68.7 Å².